The Labute approximate surface area is 165 Å². The maximum Gasteiger partial charge on any atom is 0.222 e. The van der Waals surface area contributed by atoms with Gasteiger partial charge < -0.3 is 19.4 Å². The van der Waals surface area contributed by atoms with E-state index in [2.05, 4.69) is 29.4 Å². The maximum absolute atomic E-state index is 12.7. The first kappa shape index (κ1) is 18.4. The highest BCUT2D eigenvalue weighted by atomic mass is 16.5. The van der Waals surface area contributed by atoms with Crippen LogP contribution in [0, 0.1) is 0 Å². The van der Waals surface area contributed by atoms with Gasteiger partial charge in [-0.15, -0.1) is 0 Å². The number of rotatable bonds is 6. The van der Waals surface area contributed by atoms with Gasteiger partial charge in [0.15, 0.2) is 11.5 Å². The monoisotopic (exact) mass is 378 g/mol. The van der Waals surface area contributed by atoms with Gasteiger partial charge >= 0.3 is 0 Å². The Balaban J connectivity index is 1.37. The van der Waals surface area contributed by atoms with Gasteiger partial charge in [0.1, 0.15) is 0 Å². The Kier molecular flexibility index (Phi) is 5.24. The molecule has 1 amide bonds. The third-order valence-corrected chi connectivity index (χ3v) is 5.58. The number of aromatic nitrogens is 1. The second kappa shape index (κ2) is 7.97. The van der Waals surface area contributed by atoms with E-state index in [9.17, 15) is 4.79 Å². The molecule has 1 aliphatic heterocycles. The molecule has 0 fully saturated rings. The standard InChI is InChI=1S/C23H26N2O3/c1-27-21-12-16-10-11-25(15-18(16)13-22(21)28-2)23(26)9-5-6-17-14-24-20-8-4-3-7-19(17)20/h3-4,7-8,12-14,24H,5-6,9-11,15H2,1-2H3. The highest BCUT2D eigenvalue weighted by Crippen LogP contribution is 2.33. The fourth-order valence-electron chi connectivity index (χ4n) is 4.02. The first-order valence-corrected chi connectivity index (χ1v) is 9.76. The van der Waals surface area contributed by atoms with Gasteiger partial charge in [0.2, 0.25) is 5.91 Å². The molecule has 0 bridgehead atoms. The van der Waals surface area contributed by atoms with E-state index in [0.29, 0.717) is 13.0 Å². The minimum Gasteiger partial charge on any atom is -0.493 e. The van der Waals surface area contributed by atoms with Crippen LogP contribution in [0.1, 0.15) is 29.5 Å². The van der Waals surface area contributed by atoms with Crippen LogP contribution in [0.5, 0.6) is 11.5 Å². The van der Waals surface area contributed by atoms with Crippen molar-refractivity contribution in [3.8, 4) is 11.5 Å². The first-order chi connectivity index (χ1) is 13.7. The highest BCUT2D eigenvalue weighted by Gasteiger charge is 2.22. The second-order valence-corrected chi connectivity index (χ2v) is 7.25. The van der Waals surface area contributed by atoms with Crippen LogP contribution in [0.15, 0.2) is 42.6 Å². The summed E-state index contributed by atoms with van der Waals surface area (Å²) in [6.07, 6.45) is 5.25. The lowest BCUT2D eigenvalue weighted by molar-refractivity contribution is -0.132. The second-order valence-electron chi connectivity index (χ2n) is 7.25. The normalized spacial score (nSPS) is 13.4. The molecular weight excluding hydrogens is 352 g/mol. The number of carbonyl (C=O) groups excluding carboxylic acids is 1. The molecule has 146 valence electrons. The predicted molar refractivity (Wildman–Crippen MR) is 110 cm³/mol. The molecule has 0 unspecified atom stereocenters. The van der Waals surface area contributed by atoms with Crippen molar-refractivity contribution in [2.24, 2.45) is 0 Å². The van der Waals surface area contributed by atoms with Crippen LogP contribution in [0.3, 0.4) is 0 Å². The summed E-state index contributed by atoms with van der Waals surface area (Å²) in [5, 5.41) is 1.25. The molecule has 0 saturated heterocycles. The zero-order valence-electron chi connectivity index (χ0n) is 16.5. The van der Waals surface area contributed by atoms with Gasteiger partial charge in [-0.2, -0.15) is 0 Å². The van der Waals surface area contributed by atoms with Crippen molar-refractivity contribution in [2.45, 2.75) is 32.2 Å². The number of nitrogens with one attached hydrogen (secondary N) is 1. The number of fused-ring (bicyclic) bond motifs is 2. The molecule has 0 atom stereocenters. The average molecular weight is 378 g/mol. The molecule has 0 saturated carbocycles. The zero-order chi connectivity index (χ0) is 19.5. The van der Waals surface area contributed by atoms with E-state index in [0.717, 1.165) is 48.4 Å². The van der Waals surface area contributed by atoms with Crippen molar-refractivity contribution in [3.63, 3.8) is 0 Å². The summed E-state index contributed by atoms with van der Waals surface area (Å²) < 4.78 is 10.8. The molecule has 1 N–H and O–H groups in total. The molecule has 1 aliphatic rings. The minimum atomic E-state index is 0.222. The number of hydrogen-bond acceptors (Lipinski definition) is 3. The summed E-state index contributed by atoms with van der Waals surface area (Å²) in [7, 11) is 3.29. The number of amides is 1. The Bertz CT molecular complexity index is 993. The molecular formula is C23H26N2O3. The molecule has 0 spiro atoms. The number of para-hydroxylation sites is 1. The van der Waals surface area contributed by atoms with E-state index in [4.69, 9.17) is 9.47 Å². The van der Waals surface area contributed by atoms with Gasteiger partial charge in [-0.05, 0) is 54.2 Å². The van der Waals surface area contributed by atoms with Crippen LogP contribution >= 0.6 is 0 Å². The summed E-state index contributed by atoms with van der Waals surface area (Å²) in [5.41, 5.74) is 4.82. The van der Waals surface area contributed by atoms with E-state index in [1.807, 2.05) is 23.1 Å². The van der Waals surface area contributed by atoms with Gasteiger partial charge in [0, 0.05) is 36.6 Å². The molecule has 28 heavy (non-hydrogen) atoms. The Morgan fingerprint density at radius 3 is 2.64 bits per heavy atom. The fraction of sp³-hybridized carbons (Fsp3) is 0.348. The van der Waals surface area contributed by atoms with Crippen LogP contribution in [0.25, 0.3) is 10.9 Å². The minimum absolute atomic E-state index is 0.222. The van der Waals surface area contributed by atoms with Gasteiger partial charge in [-0.25, -0.2) is 0 Å². The number of hydrogen-bond donors (Lipinski definition) is 1. The van der Waals surface area contributed by atoms with Crippen molar-refractivity contribution in [3.05, 3.63) is 59.3 Å². The summed E-state index contributed by atoms with van der Waals surface area (Å²) in [5.74, 6) is 1.69. The number of nitrogens with zero attached hydrogens (tertiary/aromatic N) is 1. The van der Waals surface area contributed by atoms with Crippen molar-refractivity contribution in [1.82, 2.24) is 9.88 Å². The number of ether oxygens (including phenoxy) is 2. The largest absolute Gasteiger partial charge is 0.493 e. The van der Waals surface area contributed by atoms with E-state index >= 15 is 0 Å². The number of carbonyl (C=O) groups is 1. The van der Waals surface area contributed by atoms with Crippen LogP contribution in [-0.4, -0.2) is 36.6 Å². The molecule has 1 aromatic heterocycles. The number of H-pyrrole nitrogens is 1. The summed E-state index contributed by atoms with van der Waals surface area (Å²) in [4.78, 5) is 18.0. The van der Waals surface area contributed by atoms with Crippen molar-refractivity contribution in [1.29, 1.82) is 0 Å². The van der Waals surface area contributed by atoms with Crippen LogP contribution < -0.4 is 9.47 Å². The van der Waals surface area contributed by atoms with Crippen molar-refractivity contribution < 1.29 is 14.3 Å². The van der Waals surface area contributed by atoms with Crippen LogP contribution in [0.2, 0.25) is 0 Å². The van der Waals surface area contributed by atoms with Gasteiger partial charge in [0.25, 0.3) is 0 Å². The van der Waals surface area contributed by atoms with Crippen LogP contribution in [0.4, 0.5) is 0 Å². The summed E-state index contributed by atoms with van der Waals surface area (Å²) in [6, 6.07) is 12.3. The molecule has 0 radical (unpaired) electrons. The van der Waals surface area contributed by atoms with Crippen molar-refractivity contribution in [2.75, 3.05) is 20.8 Å². The lowest BCUT2D eigenvalue weighted by Crippen LogP contribution is -2.35. The predicted octanol–water partition coefficient (Wildman–Crippen LogP) is 4.09. The van der Waals surface area contributed by atoms with Crippen molar-refractivity contribution >= 4 is 16.8 Å². The van der Waals surface area contributed by atoms with E-state index in [1.165, 1.54) is 16.5 Å². The lowest BCUT2D eigenvalue weighted by Gasteiger charge is -2.29. The highest BCUT2D eigenvalue weighted by molar-refractivity contribution is 5.83. The number of benzene rings is 2. The SMILES string of the molecule is COc1cc2c(cc1OC)CN(C(=O)CCCc1c[nH]c3ccccc13)CC2. The smallest absolute Gasteiger partial charge is 0.222 e. The number of methoxy groups -OCH3 is 2. The number of aryl methyl sites for hydroxylation is 1. The van der Waals surface area contributed by atoms with Crippen LogP contribution in [-0.2, 0) is 24.2 Å². The summed E-state index contributed by atoms with van der Waals surface area (Å²) in [6.45, 7) is 1.40. The lowest BCUT2D eigenvalue weighted by atomic mass is 9.98. The van der Waals surface area contributed by atoms with Gasteiger partial charge in [-0.1, -0.05) is 18.2 Å². The molecule has 2 heterocycles. The average Bonchev–Trinajstić information content (AvgIpc) is 3.15. The molecule has 0 aliphatic carbocycles. The number of aromatic amines is 1. The van der Waals surface area contributed by atoms with E-state index in [-0.39, 0.29) is 5.91 Å². The molecule has 4 rings (SSSR count). The third-order valence-electron chi connectivity index (χ3n) is 5.58. The molecule has 5 nitrogen and oxygen atoms in total. The first-order valence-electron chi connectivity index (χ1n) is 9.76. The molecule has 2 aromatic carbocycles. The fourth-order valence-corrected chi connectivity index (χ4v) is 4.02. The Morgan fingerprint density at radius 1 is 1.11 bits per heavy atom. The third kappa shape index (κ3) is 3.57. The molecule has 3 aromatic rings. The van der Waals surface area contributed by atoms with Gasteiger partial charge in [-0.3, -0.25) is 4.79 Å². The Morgan fingerprint density at radius 2 is 1.86 bits per heavy atom. The maximum atomic E-state index is 12.7. The van der Waals surface area contributed by atoms with E-state index in [1.54, 1.807) is 14.2 Å². The van der Waals surface area contributed by atoms with E-state index < -0.39 is 0 Å². The summed E-state index contributed by atoms with van der Waals surface area (Å²) >= 11 is 0. The topological polar surface area (TPSA) is 54.6 Å². The van der Waals surface area contributed by atoms with Gasteiger partial charge in [0.05, 0.1) is 14.2 Å². The molecule has 5 heteroatoms. The Hall–Kier alpha value is -2.95. The quantitative estimate of drug-likeness (QED) is 0.703. The zero-order valence-corrected chi connectivity index (χ0v) is 16.5.